The maximum Gasteiger partial charge on any atom is 0.433 e. The van der Waals surface area contributed by atoms with Crippen LogP contribution in [0, 0.1) is 6.92 Å². The second-order valence-corrected chi connectivity index (χ2v) is 10.1. The number of aliphatic hydroxyl groups excluding tert-OH is 1. The van der Waals surface area contributed by atoms with Crippen molar-refractivity contribution in [1.82, 2.24) is 24.4 Å². The molecule has 43 heavy (non-hydrogen) atoms. The van der Waals surface area contributed by atoms with Crippen LogP contribution < -0.4 is 14.2 Å². The van der Waals surface area contributed by atoms with Crippen LogP contribution >= 0.6 is 0 Å². The smallest absolute Gasteiger partial charge is 0.433 e. The zero-order chi connectivity index (χ0) is 30.9. The number of hydrogen-bond donors (Lipinski definition) is 1. The number of piperazine rings is 1. The maximum atomic E-state index is 14.3. The Kier molecular flexibility index (Phi) is 8.47. The molecule has 0 saturated carbocycles. The van der Waals surface area contributed by atoms with Crippen LogP contribution in [0.15, 0.2) is 48.7 Å². The SMILES string of the molecule is COc1ccc(-c2nc3c(C(=O)N4CCN([C@H](CO)c5ccc(OC)cc5OC)CC4)cnn3c(C(F)(F)F)c2C)cc1. The van der Waals surface area contributed by atoms with Crippen molar-refractivity contribution in [3.8, 4) is 28.5 Å². The third-order valence-corrected chi connectivity index (χ3v) is 7.76. The lowest BCUT2D eigenvalue weighted by Crippen LogP contribution is -2.50. The number of aliphatic hydroxyl groups is 1. The number of methoxy groups -OCH3 is 3. The van der Waals surface area contributed by atoms with Crippen LogP contribution in [0.2, 0.25) is 0 Å². The molecular weight excluding hydrogens is 567 g/mol. The van der Waals surface area contributed by atoms with Crippen LogP contribution in [0.3, 0.4) is 0 Å². The summed E-state index contributed by atoms with van der Waals surface area (Å²) in [4.78, 5) is 21.8. The van der Waals surface area contributed by atoms with Crippen molar-refractivity contribution in [3.63, 3.8) is 0 Å². The predicted octanol–water partition coefficient (Wildman–Crippen LogP) is 4.24. The number of ether oxygens (including phenoxy) is 3. The summed E-state index contributed by atoms with van der Waals surface area (Å²) in [6.45, 7) is 2.57. The van der Waals surface area contributed by atoms with Gasteiger partial charge in [-0.1, -0.05) is 0 Å². The minimum absolute atomic E-state index is 0.0238. The summed E-state index contributed by atoms with van der Waals surface area (Å²) in [5.74, 6) is 1.26. The number of aromatic nitrogens is 3. The van der Waals surface area contributed by atoms with Gasteiger partial charge in [0, 0.05) is 48.9 Å². The second-order valence-electron chi connectivity index (χ2n) is 10.1. The van der Waals surface area contributed by atoms with Gasteiger partial charge in [-0.15, -0.1) is 0 Å². The summed E-state index contributed by atoms with van der Waals surface area (Å²) in [5.41, 5.74) is 0.0241. The molecule has 1 atom stereocenters. The lowest BCUT2D eigenvalue weighted by molar-refractivity contribution is -0.143. The van der Waals surface area contributed by atoms with E-state index < -0.39 is 17.8 Å². The lowest BCUT2D eigenvalue weighted by Gasteiger charge is -2.39. The Bertz CT molecular complexity index is 1620. The Labute approximate surface area is 246 Å². The van der Waals surface area contributed by atoms with E-state index in [1.807, 2.05) is 11.0 Å². The summed E-state index contributed by atoms with van der Waals surface area (Å²) in [6.07, 6.45) is -3.60. The molecule has 1 saturated heterocycles. The highest BCUT2D eigenvalue weighted by molar-refractivity contribution is 6.00. The van der Waals surface area contributed by atoms with Gasteiger partial charge < -0.3 is 24.2 Å². The van der Waals surface area contributed by atoms with E-state index in [0.717, 1.165) is 11.8 Å². The Morgan fingerprint density at radius 3 is 2.21 bits per heavy atom. The monoisotopic (exact) mass is 599 g/mol. The number of alkyl halides is 3. The molecule has 1 fully saturated rings. The number of rotatable bonds is 8. The van der Waals surface area contributed by atoms with E-state index in [4.69, 9.17) is 14.2 Å². The van der Waals surface area contributed by atoms with Crippen LogP contribution in [0.5, 0.6) is 17.2 Å². The van der Waals surface area contributed by atoms with Crippen LogP contribution in [-0.2, 0) is 6.18 Å². The fourth-order valence-electron chi connectivity index (χ4n) is 5.50. The number of amides is 1. The van der Waals surface area contributed by atoms with Crippen LogP contribution in [-0.4, -0.2) is 89.5 Å². The van der Waals surface area contributed by atoms with Crippen LogP contribution in [0.4, 0.5) is 13.2 Å². The number of carbonyl (C=O) groups is 1. The van der Waals surface area contributed by atoms with Gasteiger partial charge in [0.2, 0.25) is 0 Å². The summed E-state index contributed by atoms with van der Waals surface area (Å²) >= 11 is 0. The van der Waals surface area contributed by atoms with Crippen molar-refractivity contribution in [1.29, 1.82) is 0 Å². The Morgan fingerprint density at radius 2 is 1.63 bits per heavy atom. The van der Waals surface area contributed by atoms with E-state index in [1.165, 1.54) is 14.0 Å². The van der Waals surface area contributed by atoms with Gasteiger partial charge in [0.1, 0.15) is 22.8 Å². The average Bonchev–Trinajstić information content (AvgIpc) is 3.43. The van der Waals surface area contributed by atoms with Crippen molar-refractivity contribution < 1.29 is 37.3 Å². The van der Waals surface area contributed by atoms with Gasteiger partial charge in [0.05, 0.1) is 45.9 Å². The number of fused-ring (bicyclic) bond motifs is 1. The Hall–Kier alpha value is -4.36. The van der Waals surface area contributed by atoms with Crippen molar-refractivity contribution in [2.24, 2.45) is 0 Å². The average molecular weight is 600 g/mol. The van der Waals surface area contributed by atoms with Crippen molar-refractivity contribution in [2.45, 2.75) is 19.1 Å². The molecule has 0 unspecified atom stereocenters. The number of carbonyl (C=O) groups excluding carboxylic acids is 1. The number of halogens is 3. The van der Waals surface area contributed by atoms with E-state index in [-0.39, 0.29) is 48.2 Å². The number of benzene rings is 2. The third kappa shape index (κ3) is 5.69. The first kappa shape index (κ1) is 30.1. The largest absolute Gasteiger partial charge is 0.497 e. The van der Waals surface area contributed by atoms with Gasteiger partial charge in [0.25, 0.3) is 5.91 Å². The molecule has 1 aliphatic heterocycles. The molecule has 1 aliphatic rings. The molecule has 13 heteroatoms. The summed E-state index contributed by atoms with van der Waals surface area (Å²) < 4.78 is 59.6. The maximum absolute atomic E-state index is 14.3. The summed E-state index contributed by atoms with van der Waals surface area (Å²) in [5, 5.41) is 14.2. The van der Waals surface area contributed by atoms with Gasteiger partial charge in [-0.2, -0.15) is 18.3 Å². The highest BCUT2D eigenvalue weighted by atomic mass is 19.4. The van der Waals surface area contributed by atoms with Gasteiger partial charge in [-0.25, -0.2) is 9.50 Å². The molecule has 3 heterocycles. The highest BCUT2D eigenvalue weighted by Crippen LogP contribution is 2.37. The summed E-state index contributed by atoms with van der Waals surface area (Å²) in [7, 11) is 4.59. The number of nitrogens with zero attached hydrogens (tertiary/aromatic N) is 5. The fraction of sp³-hybridized carbons (Fsp3) is 0.367. The minimum Gasteiger partial charge on any atom is -0.497 e. The molecule has 10 nitrogen and oxygen atoms in total. The summed E-state index contributed by atoms with van der Waals surface area (Å²) in [6, 6.07) is 11.5. The normalized spacial score (nSPS) is 15.0. The molecule has 1 N–H and O–H groups in total. The van der Waals surface area contributed by atoms with Crippen molar-refractivity contribution in [3.05, 3.63) is 71.0 Å². The van der Waals surface area contributed by atoms with E-state index in [2.05, 4.69) is 10.1 Å². The second kappa shape index (κ2) is 12.1. The van der Waals surface area contributed by atoms with Crippen molar-refractivity contribution >= 4 is 11.6 Å². The fourth-order valence-corrected chi connectivity index (χ4v) is 5.50. The quantitative estimate of drug-likeness (QED) is 0.321. The molecule has 228 valence electrons. The molecule has 0 spiro atoms. The zero-order valence-corrected chi connectivity index (χ0v) is 24.2. The first-order chi connectivity index (χ1) is 20.6. The van der Waals surface area contributed by atoms with Crippen molar-refractivity contribution in [2.75, 3.05) is 54.1 Å². The minimum atomic E-state index is -4.74. The molecule has 0 bridgehead atoms. The van der Waals surface area contributed by atoms with E-state index in [1.54, 1.807) is 55.5 Å². The zero-order valence-electron chi connectivity index (χ0n) is 24.2. The standard InChI is InChI=1S/C30H32F3N5O5/c1-18-26(19-5-7-20(41-2)8-6-19)35-28-23(16-34-38(28)27(18)30(31,32)33)29(40)37-13-11-36(12-14-37)24(17-39)22-10-9-21(42-3)15-25(22)43-4/h5-10,15-16,24,39H,11-14,17H2,1-4H3/t24-/m1/s1. The van der Waals surface area contributed by atoms with E-state index in [9.17, 15) is 23.1 Å². The molecule has 5 rings (SSSR count). The number of hydrogen-bond acceptors (Lipinski definition) is 8. The van der Waals surface area contributed by atoms with E-state index in [0.29, 0.717) is 40.4 Å². The molecule has 1 amide bonds. The Morgan fingerprint density at radius 1 is 0.977 bits per heavy atom. The highest BCUT2D eigenvalue weighted by Gasteiger charge is 2.39. The third-order valence-electron chi connectivity index (χ3n) is 7.76. The van der Waals surface area contributed by atoms with Gasteiger partial charge in [-0.05, 0) is 43.3 Å². The molecule has 2 aromatic heterocycles. The topological polar surface area (TPSA) is 102 Å². The molecule has 0 radical (unpaired) electrons. The first-order valence-electron chi connectivity index (χ1n) is 13.6. The first-order valence-corrected chi connectivity index (χ1v) is 13.6. The van der Waals surface area contributed by atoms with Gasteiger partial charge in [0.15, 0.2) is 11.3 Å². The van der Waals surface area contributed by atoms with Crippen LogP contribution in [0.25, 0.3) is 16.9 Å². The predicted molar refractivity (Wildman–Crippen MR) is 152 cm³/mol. The molecule has 0 aliphatic carbocycles. The molecular formula is C30H32F3N5O5. The van der Waals surface area contributed by atoms with Crippen LogP contribution in [0.1, 0.15) is 33.2 Å². The van der Waals surface area contributed by atoms with E-state index >= 15 is 0 Å². The Balaban J connectivity index is 1.43. The lowest BCUT2D eigenvalue weighted by atomic mass is 10.0. The van der Waals surface area contributed by atoms with Gasteiger partial charge in [-0.3, -0.25) is 9.69 Å². The van der Waals surface area contributed by atoms with Gasteiger partial charge >= 0.3 is 6.18 Å². The molecule has 2 aromatic carbocycles. The molecule has 4 aromatic rings.